The minimum Gasteiger partial charge on any atom is -0.398 e. The van der Waals surface area contributed by atoms with Crippen molar-refractivity contribution in [1.82, 2.24) is 10.2 Å². The normalized spacial score (nSPS) is 10.5. The smallest absolute Gasteiger partial charge is 0.251 e. The van der Waals surface area contributed by atoms with Crippen LogP contribution in [-0.4, -0.2) is 38.0 Å². The van der Waals surface area contributed by atoms with Crippen molar-refractivity contribution in [2.75, 3.05) is 32.9 Å². The number of rotatable bonds is 4. The average molecular weight is 221 g/mol. The van der Waals surface area contributed by atoms with Gasteiger partial charge < -0.3 is 16.0 Å². The van der Waals surface area contributed by atoms with E-state index in [1.807, 2.05) is 25.9 Å². The fourth-order valence-electron chi connectivity index (χ4n) is 1.39. The molecule has 0 bridgehead atoms. The van der Waals surface area contributed by atoms with Gasteiger partial charge in [0.2, 0.25) is 0 Å². The molecule has 16 heavy (non-hydrogen) atoms. The van der Waals surface area contributed by atoms with Gasteiger partial charge in [0.25, 0.3) is 5.91 Å². The number of nitrogen functional groups attached to an aromatic ring is 1. The van der Waals surface area contributed by atoms with E-state index in [9.17, 15) is 4.79 Å². The molecule has 0 saturated carbocycles. The highest BCUT2D eigenvalue weighted by molar-refractivity contribution is 5.96. The first-order valence-electron chi connectivity index (χ1n) is 5.30. The molecule has 1 aromatic rings. The van der Waals surface area contributed by atoms with Crippen molar-refractivity contribution in [2.45, 2.75) is 6.92 Å². The van der Waals surface area contributed by atoms with E-state index in [0.717, 1.165) is 12.1 Å². The maximum Gasteiger partial charge on any atom is 0.251 e. The lowest BCUT2D eigenvalue weighted by molar-refractivity contribution is 0.0950. The monoisotopic (exact) mass is 221 g/mol. The van der Waals surface area contributed by atoms with Crippen molar-refractivity contribution in [3.05, 3.63) is 29.3 Å². The highest BCUT2D eigenvalue weighted by Crippen LogP contribution is 2.14. The zero-order valence-corrected chi connectivity index (χ0v) is 10.1. The van der Waals surface area contributed by atoms with Crippen molar-refractivity contribution in [3.8, 4) is 0 Å². The maximum atomic E-state index is 11.8. The maximum absolute atomic E-state index is 11.8. The average Bonchev–Trinajstić information content (AvgIpc) is 2.21. The third kappa shape index (κ3) is 3.24. The summed E-state index contributed by atoms with van der Waals surface area (Å²) in [7, 11) is 3.94. The van der Waals surface area contributed by atoms with Gasteiger partial charge >= 0.3 is 0 Å². The third-order valence-corrected chi connectivity index (χ3v) is 2.46. The molecule has 0 radical (unpaired) electrons. The quantitative estimate of drug-likeness (QED) is 0.742. The van der Waals surface area contributed by atoms with E-state index in [1.54, 1.807) is 18.2 Å². The minimum absolute atomic E-state index is 0.0633. The molecule has 0 atom stereocenters. The van der Waals surface area contributed by atoms with Crippen LogP contribution in [0.4, 0.5) is 5.69 Å². The molecular formula is C12H19N3O. The summed E-state index contributed by atoms with van der Waals surface area (Å²) in [5, 5.41) is 2.86. The predicted molar refractivity (Wildman–Crippen MR) is 66.5 cm³/mol. The van der Waals surface area contributed by atoms with Crippen molar-refractivity contribution >= 4 is 11.6 Å². The van der Waals surface area contributed by atoms with Crippen LogP contribution in [0.3, 0.4) is 0 Å². The number of carbonyl (C=O) groups is 1. The van der Waals surface area contributed by atoms with Crippen LogP contribution in [0.15, 0.2) is 18.2 Å². The molecule has 4 nitrogen and oxygen atoms in total. The summed E-state index contributed by atoms with van der Waals surface area (Å²) in [6.07, 6.45) is 0. The number of carbonyl (C=O) groups excluding carboxylic acids is 1. The van der Waals surface area contributed by atoms with Crippen LogP contribution in [-0.2, 0) is 0 Å². The van der Waals surface area contributed by atoms with E-state index in [4.69, 9.17) is 5.73 Å². The van der Waals surface area contributed by atoms with Crippen molar-refractivity contribution in [3.63, 3.8) is 0 Å². The number of benzene rings is 1. The van der Waals surface area contributed by atoms with Crippen LogP contribution in [0.5, 0.6) is 0 Å². The minimum atomic E-state index is -0.0633. The molecule has 1 rings (SSSR count). The third-order valence-electron chi connectivity index (χ3n) is 2.46. The first-order chi connectivity index (χ1) is 7.52. The Morgan fingerprint density at radius 1 is 1.44 bits per heavy atom. The molecular weight excluding hydrogens is 202 g/mol. The highest BCUT2D eigenvalue weighted by atomic mass is 16.1. The SMILES string of the molecule is Cc1c(N)cccc1C(=O)NCCN(C)C. The number of anilines is 1. The van der Waals surface area contributed by atoms with Crippen LogP contribution < -0.4 is 11.1 Å². The predicted octanol–water partition coefficient (Wildman–Crippen LogP) is 0.869. The molecule has 3 N–H and O–H groups in total. The van der Waals surface area contributed by atoms with E-state index >= 15 is 0 Å². The van der Waals surface area contributed by atoms with Gasteiger partial charge in [-0.1, -0.05) is 6.07 Å². The van der Waals surface area contributed by atoms with Crippen LogP contribution in [0, 0.1) is 6.92 Å². The second kappa shape index (κ2) is 5.51. The lowest BCUT2D eigenvalue weighted by Gasteiger charge is -2.12. The Labute approximate surface area is 96.4 Å². The van der Waals surface area contributed by atoms with Crippen LogP contribution in [0.1, 0.15) is 15.9 Å². The molecule has 88 valence electrons. The number of hydrogen-bond donors (Lipinski definition) is 2. The number of nitrogens with one attached hydrogen (secondary N) is 1. The zero-order valence-electron chi connectivity index (χ0n) is 10.1. The Hall–Kier alpha value is -1.55. The molecule has 1 amide bonds. The number of nitrogens with zero attached hydrogens (tertiary/aromatic N) is 1. The van der Waals surface area contributed by atoms with E-state index in [1.165, 1.54) is 0 Å². The first kappa shape index (κ1) is 12.5. The standard InChI is InChI=1S/C12H19N3O/c1-9-10(5-4-6-11(9)13)12(16)14-7-8-15(2)3/h4-6H,7-8,13H2,1-3H3,(H,14,16). The van der Waals surface area contributed by atoms with Crippen LogP contribution in [0.2, 0.25) is 0 Å². The van der Waals surface area contributed by atoms with Crippen LogP contribution in [0.25, 0.3) is 0 Å². The molecule has 0 aliphatic heterocycles. The van der Waals surface area contributed by atoms with Gasteiger partial charge in [-0.25, -0.2) is 0 Å². The Kier molecular flexibility index (Phi) is 4.31. The van der Waals surface area contributed by atoms with Crippen molar-refractivity contribution in [2.24, 2.45) is 0 Å². The summed E-state index contributed by atoms with van der Waals surface area (Å²) in [4.78, 5) is 13.8. The summed E-state index contributed by atoms with van der Waals surface area (Å²) >= 11 is 0. The summed E-state index contributed by atoms with van der Waals surface area (Å²) in [5.74, 6) is -0.0633. The number of nitrogens with two attached hydrogens (primary N) is 1. The van der Waals surface area contributed by atoms with E-state index in [-0.39, 0.29) is 5.91 Å². The van der Waals surface area contributed by atoms with Gasteiger partial charge in [0.15, 0.2) is 0 Å². The van der Waals surface area contributed by atoms with Crippen LogP contribution >= 0.6 is 0 Å². The molecule has 0 fully saturated rings. The highest BCUT2D eigenvalue weighted by Gasteiger charge is 2.09. The molecule has 0 spiro atoms. The zero-order chi connectivity index (χ0) is 12.1. The summed E-state index contributed by atoms with van der Waals surface area (Å²) < 4.78 is 0. The molecule has 0 aromatic heterocycles. The molecule has 0 unspecified atom stereocenters. The van der Waals surface area contributed by atoms with Gasteiger partial charge in [-0.3, -0.25) is 4.79 Å². The second-order valence-electron chi connectivity index (χ2n) is 4.08. The van der Waals surface area contributed by atoms with E-state index in [0.29, 0.717) is 17.8 Å². The van der Waals surface area contributed by atoms with Gasteiger partial charge in [-0.05, 0) is 38.7 Å². The Morgan fingerprint density at radius 3 is 2.75 bits per heavy atom. The topological polar surface area (TPSA) is 58.4 Å². The van der Waals surface area contributed by atoms with Gasteiger partial charge in [0.1, 0.15) is 0 Å². The molecule has 0 aliphatic rings. The summed E-state index contributed by atoms with van der Waals surface area (Å²) in [6.45, 7) is 3.32. The van der Waals surface area contributed by atoms with E-state index in [2.05, 4.69) is 5.32 Å². The van der Waals surface area contributed by atoms with Gasteiger partial charge in [0, 0.05) is 24.3 Å². The molecule has 4 heteroatoms. The molecule has 0 aliphatic carbocycles. The number of hydrogen-bond acceptors (Lipinski definition) is 3. The Balaban J connectivity index is 2.63. The van der Waals surface area contributed by atoms with Crippen molar-refractivity contribution in [1.29, 1.82) is 0 Å². The Bertz CT molecular complexity index is 375. The summed E-state index contributed by atoms with van der Waals surface area (Å²) in [5.41, 5.74) is 7.89. The first-order valence-corrected chi connectivity index (χ1v) is 5.30. The lowest BCUT2D eigenvalue weighted by Crippen LogP contribution is -2.31. The van der Waals surface area contributed by atoms with Gasteiger partial charge in [-0.2, -0.15) is 0 Å². The number of likely N-dealkylation sites (N-methyl/N-ethyl adjacent to an activating group) is 1. The molecule has 0 heterocycles. The largest absolute Gasteiger partial charge is 0.398 e. The van der Waals surface area contributed by atoms with Crippen molar-refractivity contribution < 1.29 is 4.79 Å². The van der Waals surface area contributed by atoms with E-state index < -0.39 is 0 Å². The van der Waals surface area contributed by atoms with Gasteiger partial charge in [-0.15, -0.1) is 0 Å². The second-order valence-corrected chi connectivity index (χ2v) is 4.08. The fourth-order valence-corrected chi connectivity index (χ4v) is 1.39. The molecule has 0 saturated heterocycles. The number of amides is 1. The van der Waals surface area contributed by atoms with Gasteiger partial charge in [0.05, 0.1) is 0 Å². The lowest BCUT2D eigenvalue weighted by atomic mass is 10.1. The summed E-state index contributed by atoms with van der Waals surface area (Å²) in [6, 6.07) is 5.38. The molecule has 1 aromatic carbocycles. The Morgan fingerprint density at radius 2 is 2.12 bits per heavy atom. The fraction of sp³-hybridized carbons (Fsp3) is 0.417.